The molecule has 132 valence electrons. The Morgan fingerprint density at radius 3 is 1.81 bits per heavy atom. The van der Waals surface area contributed by atoms with E-state index in [0.717, 1.165) is 11.1 Å². The Labute approximate surface area is 149 Å². The zero-order valence-electron chi connectivity index (χ0n) is 14.0. The van der Waals surface area contributed by atoms with Gasteiger partial charge in [0.1, 0.15) is 11.5 Å². The first-order chi connectivity index (χ1) is 12.5. The molecule has 0 saturated heterocycles. The molecule has 0 aliphatic carbocycles. The van der Waals surface area contributed by atoms with E-state index in [0.29, 0.717) is 5.75 Å². The predicted molar refractivity (Wildman–Crippen MR) is 94.6 cm³/mol. The van der Waals surface area contributed by atoms with E-state index in [4.69, 9.17) is 4.74 Å². The van der Waals surface area contributed by atoms with Gasteiger partial charge in [0, 0.05) is 0 Å². The molecule has 3 nitrogen and oxygen atoms in total. The Morgan fingerprint density at radius 1 is 0.769 bits per heavy atom. The van der Waals surface area contributed by atoms with E-state index in [1.807, 2.05) is 43.3 Å². The van der Waals surface area contributed by atoms with E-state index in [1.54, 1.807) is 12.1 Å². The van der Waals surface area contributed by atoms with Gasteiger partial charge in [-0.2, -0.15) is 8.78 Å². The van der Waals surface area contributed by atoms with Crippen LogP contribution < -0.4 is 9.47 Å². The molecule has 3 rings (SSSR count). The summed E-state index contributed by atoms with van der Waals surface area (Å²) >= 11 is 0. The summed E-state index contributed by atoms with van der Waals surface area (Å²) < 4.78 is 33.8. The van der Waals surface area contributed by atoms with Gasteiger partial charge in [0.05, 0.1) is 5.56 Å². The quantitative estimate of drug-likeness (QED) is 0.449. The second-order valence-corrected chi connectivity index (χ2v) is 5.68. The average molecular weight is 354 g/mol. The third-order valence-electron chi connectivity index (χ3n) is 3.76. The Hall–Kier alpha value is -3.21. The van der Waals surface area contributed by atoms with Crippen LogP contribution in [0.1, 0.15) is 15.9 Å². The van der Waals surface area contributed by atoms with Crippen LogP contribution in [-0.2, 0) is 0 Å². The molecule has 3 aromatic carbocycles. The first-order valence-electron chi connectivity index (χ1n) is 7.95. The Balaban J connectivity index is 1.66. The van der Waals surface area contributed by atoms with Crippen molar-refractivity contribution in [1.82, 2.24) is 0 Å². The minimum Gasteiger partial charge on any atom is -0.435 e. The van der Waals surface area contributed by atoms with Gasteiger partial charge in [0.2, 0.25) is 0 Å². The summed E-state index contributed by atoms with van der Waals surface area (Å²) in [5.74, 6) is -0.186. The second-order valence-electron chi connectivity index (χ2n) is 5.68. The highest BCUT2D eigenvalue weighted by Gasteiger charge is 2.10. The number of halogens is 2. The molecule has 3 aromatic rings. The van der Waals surface area contributed by atoms with E-state index >= 15 is 0 Å². The molecule has 0 amide bonds. The number of hydrogen-bond donors (Lipinski definition) is 0. The van der Waals surface area contributed by atoms with Gasteiger partial charge in [-0.3, -0.25) is 0 Å². The van der Waals surface area contributed by atoms with Gasteiger partial charge in [-0.05, 0) is 54.4 Å². The molecule has 0 aromatic heterocycles. The summed E-state index contributed by atoms with van der Waals surface area (Å²) in [5.41, 5.74) is 3.51. The number of hydrogen-bond acceptors (Lipinski definition) is 3. The molecule has 0 radical (unpaired) electrons. The molecular weight excluding hydrogens is 338 g/mol. The molecule has 5 heteroatoms. The summed E-state index contributed by atoms with van der Waals surface area (Å²) in [6.07, 6.45) is 0. The van der Waals surface area contributed by atoms with Gasteiger partial charge in [-0.25, -0.2) is 4.79 Å². The van der Waals surface area contributed by atoms with Crippen LogP contribution in [0.25, 0.3) is 11.1 Å². The molecule has 0 atom stereocenters. The number of ether oxygens (including phenoxy) is 2. The van der Waals surface area contributed by atoms with E-state index in [-0.39, 0.29) is 11.3 Å². The average Bonchev–Trinajstić information content (AvgIpc) is 2.63. The lowest BCUT2D eigenvalue weighted by atomic mass is 10.0. The van der Waals surface area contributed by atoms with Gasteiger partial charge in [0.15, 0.2) is 0 Å². The lowest BCUT2D eigenvalue weighted by Gasteiger charge is -2.08. The van der Waals surface area contributed by atoms with Crippen LogP contribution in [0.2, 0.25) is 0 Å². The smallest absolute Gasteiger partial charge is 0.387 e. The first kappa shape index (κ1) is 17.6. The van der Waals surface area contributed by atoms with Crippen molar-refractivity contribution in [3.63, 3.8) is 0 Å². The number of carbonyl (C=O) groups excluding carboxylic acids is 1. The van der Waals surface area contributed by atoms with Gasteiger partial charge in [-0.15, -0.1) is 0 Å². The number of esters is 1. The van der Waals surface area contributed by atoms with Crippen LogP contribution in [0.4, 0.5) is 8.78 Å². The SMILES string of the molecule is Cc1ccc(-c2ccc(OC(=O)c3ccc(OC(F)F)cc3)cc2)cc1. The van der Waals surface area contributed by atoms with Crippen molar-refractivity contribution in [1.29, 1.82) is 0 Å². The molecule has 0 spiro atoms. The molecular formula is C21H16F2O3. The lowest BCUT2D eigenvalue weighted by molar-refractivity contribution is -0.0498. The topological polar surface area (TPSA) is 35.5 Å². The zero-order valence-corrected chi connectivity index (χ0v) is 14.0. The number of alkyl halides is 2. The molecule has 0 saturated carbocycles. The summed E-state index contributed by atoms with van der Waals surface area (Å²) in [4.78, 5) is 12.1. The van der Waals surface area contributed by atoms with Crippen LogP contribution in [0, 0.1) is 6.92 Å². The molecule has 0 fully saturated rings. The van der Waals surface area contributed by atoms with Crippen LogP contribution in [0.15, 0.2) is 72.8 Å². The van der Waals surface area contributed by atoms with E-state index in [9.17, 15) is 13.6 Å². The third kappa shape index (κ3) is 4.45. The minimum absolute atomic E-state index is 0.0148. The summed E-state index contributed by atoms with van der Waals surface area (Å²) in [6, 6.07) is 20.6. The molecule has 26 heavy (non-hydrogen) atoms. The number of benzene rings is 3. The van der Waals surface area contributed by atoms with Crippen molar-refractivity contribution in [2.75, 3.05) is 0 Å². The predicted octanol–water partition coefficient (Wildman–Crippen LogP) is 5.48. The Bertz CT molecular complexity index is 871. The Kier molecular flexibility index (Phi) is 5.27. The monoisotopic (exact) mass is 354 g/mol. The molecule has 0 unspecified atom stereocenters. The third-order valence-corrected chi connectivity index (χ3v) is 3.76. The van der Waals surface area contributed by atoms with Gasteiger partial charge in [-0.1, -0.05) is 42.0 Å². The van der Waals surface area contributed by atoms with Crippen molar-refractivity contribution in [3.05, 3.63) is 83.9 Å². The highest BCUT2D eigenvalue weighted by Crippen LogP contribution is 2.23. The van der Waals surface area contributed by atoms with Crippen molar-refractivity contribution in [3.8, 4) is 22.6 Å². The highest BCUT2D eigenvalue weighted by atomic mass is 19.3. The lowest BCUT2D eigenvalue weighted by Crippen LogP contribution is -2.08. The molecule has 0 aliphatic rings. The van der Waals surface area contributed by atoms with E-state index in [2.05, 4.69) is 4.74 Å². The normalized spacial score (nSPS) is 10.6. The van der Waals surface area contributed by atoms with Gasteiger partial charge >= 0.3 is 12.6 Å². The van der Waals surface area contributed by atoms with Crippen LogP contribution >= 0.6 is 0 Å². The number of aryl methyl sites for hydroxylation is 1. The minimum atomic E-state index is -2.90. The fourth-order valence-corrected chi connectivity index (χ4v) is 2.40. The van der Waals surface area contributed by atoms with Crippen molar-refractivity contribution in [2.24, 2.45) is 0 Å². The molecule has 0 aliphatic heterocycles. The van der Waals surface area contributed by atoms with Crippen LogP contribution in [-0.4, -0.2) is 12.6 Å². The van der Waals surface area contributed by atoms with Gasteiger partial charge in [0.25, 0.3) is 0 Å². The highest BCUT2D eigenvalue weighted by molar-refractivity contribution is 5.91. The van der Waals surface area contributed by atoms with E-state index < -0.39 is 12.6 Å². The maximum Gasteiger partial charge on any atom is 0.387 e. The first-order valence-corrected chi connectivity index (χ1v) is 7.95. The standard InChI is InChI=1S/C21H16F2O3/c1-14-2-4-15(5-3-14)16-6-10-18(11-7-16)25-20(24)17-8-12-19(13-9-17)26-21(22)23/h2-13,21H,1H3. The van der Waals surface area contributed by atoms with Crippen molar-refractivity contribution >= 4 is 5.97 Å². The summed E-state index contributed by atoms with van der Waals surface area (Å²) in [7, 11) is 0. The zero-order chi connectivity index (χ0) is 18.5. The fraction of sp³-hybridized carbons (Fsp3) is 0.0952. The fourth-order valence-electron chi connectivity index (χ4n) is 2.40. The van der Waals surface area contributed by atoms with Crippen molar-refractivity contribution < 1.29 is 23.0 Å². The van der Waals surface area contributed by atoms with Crippen molar-refractivity contribution in [2.45, 2.75) is 13.5 Å². The van der Waals surface area contributed by atoms with Crippen LogP contribution in [0.5, 0.6) is 11.5 Å². The molecule has 0 N–H and O–H groups in total. The molecule has 0 heterocycles. The second kappa shape index (κ2) is 7.78. The summed E-state index contributed by atoms with van der Waals surface area (Å²) in [5, 5.41) is 0. The maximum absolute atomic E-state index is 12.1. The van der Waals surface area contributed by atoms with Crippen LogP contribution in [0.3, 0.4) is 0 Å². The molecule has 0 bridgehead atoms. The Morgan fingerprint density at radius 2 is 1.27 bits per heavy atom. The largest absolute Gasteiger partial charge is 0.435 e. The maximum atomic E-state index is 12.1. The summed E-state index contributed by atoms with van der Waals surface area (Å²) in [6.45, 7) is -0.877. The van der Waals surface area contributed by atoms with Gasteiger partial charge < -0.3 is 9.47 Å². The van der Waals surface area contributed by atoms with E-state index in [1.165, 1.54) is 29.8 Å². The number of carbonyl (C=O) groups is 1. The number of rotatable bonds is 5.